The van der Waals surface area contributed by atoms with E-state index in [4.69, 9.17) is 0 Å². The van der Waals surface area contributed by atoms with Crippen molar-refractivity contribution in [3.05, 3.63) is 71.8 Å². The van der Waals surface area contributed by atoms with Crippen molar-refractivity contribution in [2.24, 2.45) is 5.92 Å². The van der Waals surface area contributed by atoms with Crippen molar-refractivity contribution in [3.8, 4) is 0 Å². The first-order valence-corrected chi connectivity index (χ1v) is 11.5. The summed E-state index contributed by atoms with van der Waals surface area (Å²) in [6, 6.07) is 19.4. The lowest BCUT2D eigenvalue weighted by atomic mass is 9.73. The maximum absolute atomic E-state index is 13.3. The third-order valence-electron chi connectivity index (χ3n) is 6.88. The minimum Gasteiger partial charge on any atom is -0.336 e. The molecule has 0 radical (unpaired) electrons. The van der Waals surface area contributed by atoms with Gasteiger partial charge >= 0.3 is 6.03 Å². The van der Waals surface area contributed by atoms with Crippen molar-refractivity contribution in [3.63, 3.8) is 0 Å². The zero-order valence-electron chi connectivity index (χ0n) is 18.6. The van der Waals surface area contributed by atoms with Crippen molar-refractivity contribution in [1.82, 2.24) is 15.1 Å². The van der Waals surface area contributed by atoms with E-state index >= 15 is 0 Å². The molecule has 168 valence electrons. The van der Waals surface area contributed by atoms with Crippen LogP contribution in [-0.4, -0.2) is 46.3 Å². The number of urea groups is 1. The molecule has 2 aliphatic rings. The first-order chi connectivity index (χ1) is 15.5. The smallest absolute Gasteiger partial charge is 0.325 e. The summed E-state index contributed by atoms with van der Waals surface area (Å²) in [6.07, 6.45) is 4.24. The van der Waals surface area contributed by atoms with Gasteiger partial charge in [-0.15, -0.1) is 0 Å². The van der Waals surface area contributed by atoms with Crippen LogP contribution in [0.1, 0.15) is 43.7 Å². The summed E-state index contributed by atoms with van der Waals surface area (Å²) in [5, 5.41) is 2.94. The van der Waals surface area contributed by atoms with Gasteiger partial charge < -0.3 is 10.2 Å². The normalized spacial score (nSPS) is 22.8. The van der Waals surface area contributed by atoms with E-state index in [2.05, 4.69) is 5.32 Å². The van der Waals surface area contributed by atoms with E-state index in [0.29, 0.717) is 25.9 Å². The molecule has 0 bridgehead atoms. The second-order valence-corrected chi connectivity index (χ2v) is 8.98. The molecule has 1 heterocycles. The molecule has 2 aromatic rings. The first kappa shape index (κ1) is 22.1. The topological polar surface area (TPSA) is 69.7 Å². The van der Waals surface area contributed by atoms with Crippen LogP contribution in [0.4, 0.5) is 4.79 Å². The van der Waals surface area contributed by atoms with Crippen molar-refractivity contribution in [2.45, 2.75) is 51.1 Å². The lowest BCUT2D eigenvalue weighted by Gasteiger charge is -2.36. The van der Waals surface area contributed by atoms with Gasteiger partial charge in [-0.25, -0.2) is 4.79 Å². The SMILES string of the molecule is C[C@H]1CCCC[C@]12NC(=O)N(CC(=O)N(CCc1ccccc1)Cc1ccccc1)C2=O. The van der Waals surface area contributed by atoms with Crippen LogP contribution in [0, 0.1) is 5.92 Å². The van der Waals surface area contributed by atoms with Crippen LogP contribution >= 0.6 is 0 Å². The number of benzene rings is 2. The molecule has 1 spiro atoms. The van der Waals surface area contributed by atoms with Gasteiger partial charge in [0.05, 0.1) is 0 Å². The molecule has 32 heavy (non-hydrogen) atoms. The van der Waals surface area contributed by atoms with Gasteiger partial charge in [-0.2, -0.15) is 0 Å². The number of hydrogen-bond acceptors (Lipinski definition) is 3. The number of carbonyl (C=O) groups is 3. The Morgan fingerprint density at radius 3 is 2.34 bits per heavy atom. The van der Waals surface area contributed by atoms with Crippen LogP contribution in [0.25, 0.3) is 0 Å². The quantitative estimate of drug-likeness (QED) is 0.676. The summed E-state index contributed by atoms with van der Waals surface area (Å²) >= 11 is 0. The van der Waals surface area contributed by atoms with Crippen molar-refractivity contribution in [1.29, 1.82) is 0 Å². The Labute approximate surface area is 189 Å². The van der Waals surface area contributed by atoms with Crippen LogP contribution in [0.5, 0.6) is 0 Å². The highest BCUT2D eigenvalue weighted by molar-refractivity contribution is 6.09. The van der Waals surface area contributed by atoms with Gasteiger partial charge in [-0.1, -0.05) is 80.4 Å². The maximum atomic E-state index is 13.3. The predicted octanol–water partition coefficient (Wildman–Crippen LogP) is 3.76. The average Bonchev–Trinajstić information content (AvgIpc) is 3.04. The molecule has 0 aromatic heterocycles. The third-order valence-corrected chi connectivity index (χ3v) is 6.88. The van der Waals surface area contributed by atoms with Gasteiger partial charge in [0.25, 0.3) is 5.91 Å². The Hall–Kier alpha value is -3.15. The van der Waals surface area contributed by atoms with Crippen molar-refractivity contribution < 1.29 is 14.4 Å². The zero-order valence-corrected chi connectivity index (χ0v) is 18.6. The molecule has 1 saturated heterocycles. The summed E-state index contributed by atoms with van der Waals surface area (Å²) < 4.78 is 0. The van der Waals surface area contributed by atoms with E-state index in [1.54, 1.807) is 4.90 Å². The van der Waals surface area contributed by atoms with Crippen molar-refractivity contribution in [2.75, 3.05) is 13.1 Å². The van der Waals surface area contributed by atoms with E-state index in [9.17, 15) is 14.4 Å². The molecule has 6 heteroatoms. The molecule has 1 N–H and O–H groups in total. The van der Waals surface area contributed by atoms with Gasteiger partial charge in [0.15, 0.2) is 0 Å². The second-order valence-electron chi connectivity index (χ2n) is 8.98. The molecule has 2 aromatic carbocycles. The van der Waals surface area contributed by atoms with Crippen LogP contribution in [-0.2, 0) is 22.6 Å². The Morgan fingerprint density at radius 1 is 1.03 bits per heavy atom. The number of amides is 4. The molecule has 1 aliphatic carbocycles. The van der Waals surface area contributed by atoms with E-state index in [-0.39, 0.29) is 24.3 Å². The Balaban J connectivity index is 1.48. The molecule has 6 nitrogen and oxygen atoms in total. The average molecular weight is 434 g/mol. The highest BCUT2D eigenvalue weighted by Crippen LogP contribution is 2.38. The summed E-state index contributed by atoms with van der Waals surface area (Å²) in [6.45, 7) is 2.76. The molecule has 1 aliphatic heterocycles. The third kappa shape index (κ3) is 4.54. The molecular formula is C26H31N3O3. The number of rotatable bonds is 7. The van der Waals surface area contributed by atoms with Gasteiger partial charge in [-0.3, -0.25) is 14.5 Å². The standard InChI is InChI=1S/C26H31N3O3/c1-20-10-8-9-16-26(20)24(31)29(25(32)27-26)19-23(30)28(18-22-13-6-3-7-14-22)17-15-21-11-4-2-5-12-21/h2-7,11-14,20H,8-10,15-19H2,1H3,(H,27,32)/t20-,26-/m0/s1. The van der Waals surface area contributed by atoms with Crippen LogP contribution in [0.2, 0.25) is 0 Å². The molecular weight excluding hydrogens is 402 g/mol. The summed E-state index contributed by atoms with van der Waals surface area (Å²) in [5.74, 6) is -0.383. The van der Waals surface area contributed by atoms with Crippen LogP contribution in [0.3, 0.4) is 0 Å². The van der Waals surface area contributed by atoms with E-state index in [1.165, 1.54) is 0 Å². The number of hydrogen-bond donors (Lipinski definition) is 1. The molecule has 2 fully saturated rings. The minimum absolute atomic E-state index is 0.0753. The molecule has 0 unspecified atom stereocenters. The number of nitrogens with zero attached hydrogens (tertiary/aromatic N) is 2. The summed E-state index contributed by atoms with van der Waals surface area (Å²) in [5.41, 5.74) is 1.32. The van der Waals surface area contributed by atoms with Gasteiger partial charge in [0.2, 0.25) is 5.91 Å². The first-order valence-electron chi connectivity index (χ1n) is 11.5. The number of imide groups is 1. The molecule has 1 saturated carbocycles. The van der Waals surface area contributed by atoms with Crippen LogP contribution < -0.4 is 5.32 Å². The molecule has 2 atom stereocenters. The fourth-order valence-electron chi connectivity index (χ4n) is 4.88. The number of nitrogens with one attached hydrogen (secondary N) is 1. The lowest BCUT2D eigenvalue weighted by molar-refractivity contribution is -0.140. The Kier molecular flexibility index (Phi) is 6.58. The van der Waals surface area contributed by atoms with E-state index in [1.807, 2.05) is 67.6 Å². The number of carbonyl (C=O) groups excluding carboxylic acids is 3. The molecule has 4 amide bonds. The van der Waals surface area contributed by atoms with Crippen molar-refractivity contribution >= 4 is 17.8 Å². The van der Waals surface area contributed by atoms with Gasteiger partial charge in [0.1, 0.15) is 12.1 Å². The molecule has 4 rings (SSSR count). The maximum Gasteiger partial charge on any atom is 0.325 e. The van der Waals surface area contributed by atoms with Gasteiger partial charge in [0, 0.05) is 13.1 Å². The highest BCUT2D eigenvalue weighted by atomic mass is 16.2. The second kappa shape index (κ2) is 9.55. The van der Waals surface area contributed by atoms with E-state index < -0.39 is 11.6 Å². The largest absolute Gasteiger partial charge is 0.336 e. The zero-order chi connectivity index (χ0) is 22.6. The Bertz CT molecular complexity index is 963. The lowest BCUT2D eigenvalue weighted by Crippen LogP contribution is -2.54. The van der Waals surface area contributed by atoms with Gasteiger partial charge in [-0.05, 0) is 36.3 Å². The van der Waals surface area contributed by atoms with E-state index in [0.717, 1.165) is 35.3 Å². The van der Waals surface area contributed by atoms with Crippen LogP contribution in [0.15, 0.2) is 60.7 Å². The fraction of sp³-hybridized carbons (Fsp3) is 0.423. The summed E-state index contributed by atoms with van der Waals surface area (Å²) in [7, 11) is 0. The highest BCUT2D eigenvalue weighted by Gasteiger charge is 2.55. The predicted molar refractivity (Wildman–Crippen MR) is 123 cm³/mol. The Morgan fingerprint density at radius 2 is 1.69 bits per heavy atom. The monoisotopic (exact) mass is 433 g/mol. The fourth-order valence-corrected chi connectivity index (χ4v) is 4.88. The summed E-state index contributed by atoms with van der Waals surface area (Å²) in [4.78, 5) is 42.2. The minimum atomic E-state index is -0.843.